The van der Waals surface area contributed by atoms with E-state index in [2.05, 4.69) is 12.2 Å². The van der Waals surface area contributed by atoms with Crippen LogP contribution in [0.3, 0.4) is 0 Å². The molecule has 0 bridgehead atoms. The lowest BCUT2D eigenvalue weighted by Gasteiger charge is -2.27. The summed E-state index contributed by atoms with van der Waals surface area (Å²) < 4.78 is 5.72. The zero-order valence-corrected chi connectivity index (χ0v) is 11.1. The van der Waals surface area contributed by atoms with Crippen LogP contribution >= 0.6 is 0 Å². The van der Waals surface area contributed by atoms with E-state index < -0.39 is 6.10 Å². The van der Waals surface area contributed by atoms with Gasteiger partial charge >= 0.3 is 0 Å². The summed E-state index contributed by atoms with van der Waals surface area (Å²) in [7, 11) is 0. The minimum absolute atomic E-state index is 0.324. The van der Waals surface area contributed by atoms with Crippen LogP contribution in [0.5, 0.6) is 0 Å². The van der Waals surface area contributed by atoms with Gasteiger partial charge in [0.15, 0.2) is 0 Å². The molecule has 0 heterocycles. The molecule has 0 aromatic heterocycles. The minimum atomic E-state index is -0.481. The highest BCUT2D eigenvalue weighted by molar-refractivity contribution is 4.71. The molecule has 0 spiro atoms. The molecule has 4 atom stereocenters. The van der Waals surface area contributed by atoms with Gasteiger partial charge in [-0.3, -0.25) is 0 Å². The molecule has 0 aromatic carbocycles. The van der Waals surface area contributed by atoms with E-state index in [-0.39, 0.29) is 6.10 Å². The van der Waals surface area contributed by atoms with Crippen LogP contribution in [0.2, 0.25) is 0 Å². The lowest BCUT2D eigenvalue weighted by molar-refractivity contribution is -0.0310. The third-order valence-corrected chi connectivity index (χ3v) is 3.23. The standard InChI is InChI=1S/C13H27NO3/c1-10-4-3-5-13(6-10)17-9-12(16)8-14-7-11(2)15/h10-16H,3-9H2,1-2H3. The van der Waals surface area contributed by atoms with Gasteiger partial charge in [0.25, 0.3) is 0 Å². The van der Waals surface area contributed by atoms with Crippen molar-refractivity contribution in [2.45, 2.75) is 57.8 Å². The molecule has 0 aromatic rings. The van der Waals surface area contributed by atoms with Crippen LogP contribution in [0.4, 0.5) is 0 Å². The number of hydrogen-bond acceptors (Lipinski definition) is 4. The molecule has 0 saturated heterocycles. The average molecular weight is 245 g/mol. The lowest BCUT2D eigenvalue weighted by atomic mass is 9.89. The monoisotopic (exact) mass is 245 g/mol. The summed E-state index contributed by atoms with van der Waals surface area (Å²) in [6, 6.07) is 0. The van der Waals surface area contributed by atoms with Gasteiger partial charge in [-0.25, -0.2) is 0 Å². The number of rotatable bonds is 7. The first-order valence-corrected chi connectivity index (χ1v) is 6.76. The fourth-order valence-corrected chi connectivity index (χ4v) is 2.29. The third-order valence-electron chi connectivity index (χ3n) is 3.23. The Morgan fingerprint density at radius 3 is 2.71 bits per heavy atom. The summed E-state index contributed by atoms with van der Waals surface area (Å²) in [5.74, 6) is 0.749. The number of hydrogen-bond donors (Lipinski definition) is 3. The Balaban J connectivity index is 2.04. The highest BCUT2D eigenvalue weighted by Gasteiger charge is 2.20. The Hall–Kier alpha value is -0.160. The summed E-state index contributed by atoms with van der Waals surface area (Å²) in [6.07, 6.45) is 4.26. The molecule has 1 saturated carbocycles. The molecule has 0 radical (unpaired) electrons. The molecule has 4 nitrogen and oxygen atoms in total. The second kappa shape index (κ2) is 8.03. The highest BCUT2D eigenvalue weighted by atomic mass is 16.5. The zero-order valence-electron chi connectivity index (χ0n) is 11.1. The van der Waals surface area contributed by atoms with Gasteiger partial charge in [0.05, 0.1) is 24.9 Å². The van der Waals surface area contributed by atoms with Crippen LogP contribution in [0.1, 0.15) is 39.5 Å². The van der Waals surface area contributed by atoms with Gasteiger partial charge in [0.2, 0.25) is 0 Å². The van der Waals surface area contributed by atoms with Gasteiger partial charge in [-0.2, -0.15) is 0 Å². The molecule has 1 aliphatic rings. The Morgan fingerprint density at radius 2 is 2.06 bits per heavy atom. The zero-order chi connectivity index (χ0) is 12.7. The van der Waals surface area contributed by atoms with E-state index in [9.17, 15) is 5.11 Å². The Kier molecular flexibility index (Phi) is 7.04. The third kappa shape index (κ3) is 6.99. The average Bonchev–Trinajstić information content (AvgIpc) is 2.26. The van der Waals surface area contributed by atoms with Crippen molar-refractivity contribution in [2.24, 2.45) is 5.92 Å². The number of ether oxygens (including phenoxy) is 1. The predicted molar refractivity (Wildman–Crippen MR) is 67.9 cm³/mol. The summed E-state index contributed by atoms with van der Waals surface area (Å²) >= 11 is 0. The van der Waals surface area contributed by atoms with E-state index in [1.165, 1.54) is 12.8 Å². The van der Waals surface area contributed by atoms with Crippen LogP contribution in [0, 0.1) is 5.92 Å². The van der Waals surface area contributed by atoms with Gasteiger partial charge < -0.3 is 20.3 Å². The van der Waals surface area contributed by atoms with Crippen molar-refractivity contribution in [1.29, 1.82) is 0 Å². The van der Waals surface area contributed by atoms with Crippen molar-refractivity contribution in [3.63, 3.8) is 0 Å². The normalized spacial score (nSPS) is 28.9. The van der Waals surface area contributed by atoms with Gasteiger partial charge in [-0.05, 0) is 25.7 Å². The molecule has 1 aliphatic carbocycles. The quantitative estimate of drug-likeness (QED) is 0.624. The molecule has 0 amide bonds. The fourth-order valence-electron chi connectivity index (χ4n) is 2.29. The topological polar surface area (TPSA) is 61.7 Å². The van der Waals surface area contributed by atoms with Gasteiger partial charge in [-0.15, -0.1) is 0 Å². The lowest BCUT2D eigenvalue weighted by Crippen LogP contribution is -2.35. The van der Waals surface area contributed by atoms with E-state index >= 15 is 0 Å². The maximum atomic E-state index is 9.69. The molecule has 1 fully saturated rings. The number of aliphatic hydroxyl groups is 2. The largest absolute Gasteiger partial charge is 0.392 e. The maximum Gasteiger partial charge on any atom is 0.0897 e. The highest BCUT2D eigenvalue weighted by Crippen LogP contribution is 2.25. The van der Waals surface area contributed by atoms with Crippen LogP contribution < -0.4 is 5.32 Å². The molecule has 1 rings (SSSR count). The van der Waals surface area contributed by atoms with Crippen molar-refractivity contribution < 1.29 is 14.9 Å². The van der Waals surface area contributed by atoms with Gasteiger partial charge in [-0.1, -0.05) is 19.8 Å². The van der Waals surface area contributed by atoms with E-state index in [1.807, 2.05) is 0 Å². The summed E-state index contributed by atoms with van der Waals surface area (Å²) in [6.45, 7) is 5.37. The van der Waals surface area contributed by atoms with Gasteiger partial charge in [0.1, 0.15) is 0 Å². The summed E-state index contributed by atoms with van der Waals surface area (Å²) in [5, 5.41) is 21.7. The molecule has 4 heteroatoms. The predicted octanol–water partition coefficient (Wildman–Crippen LogP) is 0.913. The molecule has 3 N–H and O–H groups in total. The van der Waals surface area contributed by atoms with Crippen molar-refractivity contribution in [2.75, 3.05) is 19.7 Å². The maximum absolute atomic E-state index is 9.69. The van der Waals surface area contributed by atoms with Gasteiger partial charge in [0, 0.05) is 13.1 Å². The van der Waals surface area contributed by atoms with Crippen molar-refractivity contribution in [3.05, 3.63) is 0 Å². The second-order valence-corrected chi connectivity index (χ2v) is 5.39. The number of aliphatic hydroxyl groups excluding tert-OH is 2. The van der Waals surface area contributed by atoms with Crippen LogP contribution in [0.15, 0.2) is 0 Å². The first-order valence-electron chi connectivity index (χ1n) is 6.76. The summed E-state index contributed by atoms with van der Waals surface area (Å²) in [4.78, 5) is 0. The first kappa shape index (κ1) is 14.9. The van der Waals surface area contributed by atoms with Crippen LogP contribution in [-0.4, -0.2) is 48.2 Å². The van der Waals surface area contributed by atoms with Crippen molar-refractivity contribution in [1.82, 2.24) is 5.32 Å². The molecular formula is C13H27NO3. The SMILES string of the molecule is CC(O)CNCC(O)COC1CCCC(C)C1. The number of nitrogens with one attached hydrogen (secondary N) is 1. The Bertz CT molecular complexity index is 199. The van der Waals surface area contributed by atoms with E-state index in [0.717, 1.165) is 18.8 Å². The fraction of sp³-hybridized carbons (Fsp3) is 1.00. The molecule has 4 unspecified atom stereocenters. The van der Waals surface area contributed by atoms with Crippen LogP contribution in [-0.2, 0) is 4.74 Å². The Morgan fingerprint density at radius 1 is 1.29 bits per heavy atom. The second-order valence-electron chi connectivity index (χ2n) is 5.39. The van der Waals surface area contributed by atoms with E-state index in [1.54, 1.807) is 6.92 Å². The minimum Gasteiger partial charge on any atom is -0.392 e. The molecule has 102 valence electrons. The molecular weight excluding hydrogens is 218 g/mol. The molecule has 17 heavy (non-hydrogen) atoms. The van der Waals surface area contributed by atoms with Crippen LogP contribution in [0.25, 0.3) is 0 Å². The van der Waals surface area contributed by atoms with Crippen molar-refractivity contribution >= 4 is 0 Å². The first-order chi connectivity index (χ1) is 8.08. The smallest absolute Gasteiger partial charge is 0.0897 e. The van der Waals surface area contributed by atoms with E-state index in [0.29, 0.717) is 25.8 Å². The molecule has 0 aliphatic heterocycles. The summed E-state index contributed by atoms with van der Waals surface area (Å²) in [5.41, 5.74) is 0. The van der Waals surface area contributed by atoms with Crippen molar-refractivity contribution in [3.8, 4) is 0 Å². The Labute approximate surface area is 104 Å². The van der Waals surface area contributed by atoms with E-state index in [4.69, 9.17) is 9.84 Å².